The van der Waals surface area contributed by atoms with Crippen molar-refractivity contribution in [3.8, 4) is 17.4 Å². The molecule has 4 aromatic rings. The molecule has 0 N–H and O–H groups in total. The van der Waals surface area contributed by atoms with E-state index >= 15 is 0 Å². The van der Waals surface area contributed by atoms with Crippen molar-refractivity contribution in [2.75, 3.05) is 3.71 Å². The molecule has 0 amide bonds. The van der Waals surface area contributed by atoms with Gasteiger partial charge in [-0.1, -0.05) is 65.7 Å². The summed E-state index contributed by atoms with van der Waals surface area (Å²) in [4.78, 5) is -0.509. The fraction of sp³-hybridized carbons (Fsp3) is 0.0800. The number of hydrogen-bond donors (Lipinski definition) is 0. The average molecular weight is 493 g/mol. The summed E-state index contributed by atoms with van der Waals surface area (Å²) in [6.07, 6.45) is 0. The Bertz CT molecular complexity index is 1510. The molecule has 7 nitrogen and oxygen atoms in total. The zero-order valence-corrected chi connectivity index (χ0v) is 20.0. The van der Waals surface area contributed by atoms with Crippen LogP contribution in [-0.4, -0.2) is 16.8 Å². The number of aryl methyl sites for hydroxylation is 2. The Kier molecular flexibility index (Phi) is 6.04. The van der Waals surface area contributed by atoms with Crippen molar-refractivity contribution in [2.24, 2.45) is 0 Å². The van der Waals surface area contributed by atoms with Gasteiger partial charge in [-0.3, -0.25) is 0 Å². The molecule has 172 valence electrons. The van der Waals surface area contributed by atoms with Crippen LogP contribution in [0.2, 0.25) is 0 Å². The second kappa shape index (κ2) is 8.82. The van der Waals surface area contributed by atoms with E-state index in [0.29, 0.717) is 5.56 Å². The molecule has 0 radical (unpaired) electrons. The van der Waals surface area contributed by atoms with Crippen molar-refractivity contribution >= 4 is 25.9 Å². The molecule has 0 fully saturated rings. The van der Waals surface area contributed by atoms with Crippen LogP contribution in [0.3, 0.4) is 0 Å². The van der Waals surface area contributed by atoms with Crippen LogP contribution in [0.5, 0.6) is 0 Å². The molecule has 0 spiro atoms. The summed E-state index contributed by atoms with van der Waals surface area (Å²) >= 11 is 0. The molecule has 0 saturated carbocycles. The van der Waals surface area contributed by atoms with E-state index in [-0.39, 0.29) is 24.8 Å². The first-order chi connectivity index (χ1) is 16.1. The highest BCUT2D eigenvalue weighted by Gasteiger charge is 2.41. The Hall–Kier alpha value is -3.87. The average Bonchev–Trinajstić information content (AvgIpc) is 3.23. The minimum absolute atomic E-state index is 0.162. The van der Waals surface area contributed by atoms with Gasteiger partial charge in [0.15, 0.2) is 0 Å². The van der Waals surface area contributed by atoms with Gasteiger partial charge in [0.1, 0.15) is 17.4 Å². The van der Waals surface area contributed by atoms with Gasteiger partial charge in [0, 0.05) is 11.6 Å². The molecule has 0 aliphatic carbocycles. The van der Waals surface area contributed by atoms with Gasteiger partial charge in [0.25, 0.3) is 20.0 Å². The lowest BCUT2D eigenvalue weighted by Crippen LogP contribution is -2.37. The fourth-order valence-corrected chi connectivity index (χ4v) is 6.90. The van der Waals surface area contributed by atoms with Crippen LogP contribution in [0.4, 0.5) is 5.88 Å². The molecule has 0 atom stereocenters. The van der Waals surface area contributed by atoms with Crippen molar-refractivity contribution < 1.29 is 21.3 Å². The van der Waals surface area contributed by atoms with E-state index in [1.54, 1.807) is 68.4 Å². The topological polar surface area (TPSA) is 108 Å². The van der Waals surface area contributed by atoms with Crippen LogP contribution < -0.4 is 3.71 Å². The lowest BCUT2D eigenvalue weighted by atomic mass is 10.1. The molecular weight excluding hydrogens is 472 g/mol. The van der Waals surface area contributed by atoms with E-state index < -0.39 is 25.9 Å². The third-order valence-corrected chi connectivity index (χ3v) is 9.25. The van der Waals surface area contributed by atoms with Gasteiger partial charge in [-0.15, -0.1) is 3.71 Å². The number of rotatable bonds is 6. The molecule has 3 aromatic carbocycles. The Morgan fingerprint density at radius 3 is 1.65 bits per heavy atom. The number of nitriles is 1. The number of anilines is 1. The lowest BCUT2D eigenvalue weighted by Gasteiger charge is -2.22. The van der Waals surface area contributed by atoms with E-state index in [1.807, 2.05) is 6.07 Å². The van der Waals surface area contributed by atoms with E-state index in [9.17, 15) is 22.1 Å². The smallest absolute Gasteiger partial charge is 0.280 e. The first-order valence-electron chi connectivity index (χ1n) is 10.2. The second-order valence-electron chi connectivity index (χ2n) is 7.64. The summed E-state index contributed by atoms with van der Waals surface area (Å²) < 4.78 is 60.9. The Labute approximate surface area is 198 Å². The molecule has 34 heavy (non-hydrogen) atoms. The minimum atomic E-state index is -4.69. The van der Waals surface area contributed by atoms with Crippen LogP contribution in [0, 0.1) is 25.2 Å². The van der Waals surface area contributed by atoms with Gasteiger partial charge < -0.3 is 4.42 Å². The first-order valence-corrected chi connectivity index (χ1v) is 13.1. The highest BCUT2D eigenvalue weighted by molar-refractivity contribution is 8.10. The summed E-state index contributed by atoms with van der Waals surface area (Å²) in [7, 11) is -9.38. The third kappa shape index (κ3) is 4.21. The van der Waals surface area contributed by atoms with Gasteiger partial charge in [-0.25, -0.2) is 0 Å². The number of benzene rings is 3. The number of nitrogens with zero attached hydrogens (tertiary/aromatic N) is 2. The van der Waals surface area contributed by atoms with Gasteiger partial charge in [-0.05, 0) is 38.1 Å². The zero-order valence-electron chi connectivity index (χ0n) is 18.3. The minimum Gasteiger partial charge on any atom is -0.437 e. The molecule has 0 aliphatic rings. The van der Waals surface area contributed by atoms with Crippen molar-refractivity contribution in [2.45, 2.75) is 23.6 Å². The Balaban J connectivity index is 1.99. The molecule has 0 saturated heterocycles. The molecule has 1 heterocycles. The summed E-state index contributed by atoms with van der Waals surface area (Å²) in [5.41, 5.74) is 1.93. The fourth-order valence-electron chi connectivity index (χ4n) is 3.30. The highest BCUT2D eigenvalue weighted by atomic mass is 32.3. The summed E-state index contributed by atoms with van der Waals surface area (Å²) in [6, 6.07) is 23.4. The predicted octanol–water partition coefficient (Wildman–Crippen LogP) is 5.02. The van der Waals surface area contributed by atoms with Crippen LogP contribution in [0.1, 0.15) is 16.7 Å². The largest absolute Gasteiger partial charge is 0.437 e. The highest BCUT2D eigenvalue weighted by Crippen LogP contribution is 2.38. The Morgan fingerprint density at radius 1 is 0.735 bits per heavy atom. The normalized spacial score (nSPS) is 11.7. The van der Waals surface area contributed by atoms with Crippen molar-refractivity contribution in [3.05, 3.63) is 102 Å². The van der Waals surface area contributed by atoms with Crippen LogP contribution in [0.25, 0.3) is 11.3 Å². The maximum atomic E-state index is 13.7. The van der Waals surface area contributed by atoms with E-state index in [1.165, 1.54) is 30.3 Å². The molecule has 0 aliphatic heterocycles. The molecule has 0 unspecified atom stereocenters. The van der Waals surface area contributed by atoms with E-state index in [0.717, 1.165) is 11.1 Å². The molecule has 0 bridgehead atoms. The zero-order chi connectivity index (χ0) is 24.5. The summed E-state index contributed by atoms with van der Waals surface area (Å²) in [6.45, 7) is 3.56. The van der Waals surface area contributed by atoms with Gasteiger partial charge >= 0.3 is 0 Å². The maximum Gasteiger partial charge on any atom is 0.280 e. The van der Waals surface area contributed by atoms with Crippen LogP contribution >= 0.6 is 0 Å². The van der Waals surface area contributed by atoms with Gasteiger partial charge in [-0.2, -0.15) is 22.1 Å². The van der Waals surface area contributed by atoms with Crippen LogP contribution in [-0.2, 0) is 20.0 Å². The van der Waals surface area contributed by atoms with Gasteiger partial charge in [0.05, 0.1) is 9.79 Å². The standard InChI is InChI=1S/C25H20N2O5S2/c1-18-8-12-22(13-9-18)33(28,29)27(34(30,31)23-14-10-19(2)11-15-23)25-21(17-26)16-24(32-25)20-6-4-3-5-7-20/h3-16H,1-2H3. The maximum absolute atomic E-state index is 13.7. The van der Waals surface area contributed by atoms with Crippen LogP contribution in [0.15, 0.2) is 99.1 Å². The summed E-state index contributed by atoms with van der Waals surface area (Å²) in [5.74, 6) is -0.433. The van der Waals surface area contributed by atoms with Crippen molar-refractivity contribution in [1.29, 1.82) is 5.26 Å². The van der Waals surface area contributed by atoms with Crippen molar-refractivity contribution in [1.82, 2.24) is 0 Å². The van der Waals surface area contributed by atoms with E-state index in [4.69, 9.17) is 4.42 Å². The number of sulfonamides is 2. The first kappa shape index (κ1) is 23.3. The van der Waals surface area contributed by atoms with E-state index in [2.05, 4.69) is 0 Å². The molecule has 4 rings (SSSR count). The lowest BCUT2D eigenvalue weighted by molar-refractivity contribution is 0.561. The number of hydrogen-bond acceptors (Lipinski definition) is 6. The quantitative estimate of drug-likeness (QED) is 0.374. The molecular formula is C25H20N2O5S2. The third-order valence-electron chi connectivity index (χ3n) is 5.13. The SMILES string of the molecule is Cc1ccc(S(=O)(=O)N(c2oc(-c3ccccc3)cc2C#N)S(=O)(=O)c2ccc(C)cc2)cc1. The molecule has 9 heteroatoms. The summed E-state index contributed by atoms with van der Waals surface area (Å²) in [5, 5.41) is 9.75. The Morgan fingerprint density at radius 2 is 1.21 bits per heavy atom. The second-order valence-corrected chi connectivity index (χ2v) is 11.4. The van der Waals surface area contributed by atoms with Crippen molar-refractivity contribution in [3.63, 3.8) is 0 Å². The monoisotopic (exact) mass is 492 g/mol. The number of furan rings is 1. The van der Waals surface area contributed by atoms with Gasteiger partial charge in [0.2, 0.25) is 5.88 Å². The molecule has 1 aromatic heterocycles. The predicted molar refractivity (Wildman–Crippen MR) is 128 cm³/mol.